The van der Waals surface area contributed by atoms with Crippen LogP contribution >= 0.6 is 0 Å². The van der Waals surface area contributed by atoms with Crippen molar-refractivity contribution in [1.29, 1.82) is 0 Å². The average molecular weight is 246 g/mol. The van der Waals surface area contributed by atoms with Gasteiger partial charge in [0.15, 0.2) is 0 Å². The zero-order valence-corrected chi connectivity index (χ0v) is 11.6. The quantitative estimate of drug-likeness (QED) is 0.709. The van der Waals surface area contributed by atoms with Crippen LogP contribution in [-0.4, -0.2) is 26.2 Å². The molecule has 0 unspecified atom stereocenters. The van der Waals surface area contributed by atoms with Crippen LogP contribution in [0.4, 0.5) is 5.69 Å². The van der Waals surface area contributed by atoms with Gasteiger partial charge in [0.05, 0.1) is 0 Å². The second-order valence-corrected chi connectivity index (χ2v) is 5.18. The van der Waals surface area contributed by atoms with Gasteiger partial charge in [0.25, 0.3) is 0 Å². The molecule has 1 aromatic rings. The molecule has 0 bridgehead atoms. The number of nitrogens with one attached hydrogen (secondary N) is 1. The summed E-state index contributed by atoms with van der Waals surface area (Å²) < 4.78 is 0. The Morgan fingerprint density at radius 1 is 1.11 bits per heavy atom. The van der Waals surface area contributed by atoms with Crippen LogP contribution in [0, 0.1) is 0 Å². The summed E-state index contributed by atoms with van der Waals surface area (Å²) in [4.78, 5) is 2.53. The summed E-state index contributed by atoms with van der Waals surface area (Å²) in [5.41, 5.74) is 2.98. The van der Waals surface area contributed by atoms with Crippen LogP contribution in [0.15, 0.2) is 24.3 Å². The minimum atomic E-state index is 1.16. The van der Waals surface area contributed by atoms with Gasteiger partial charge in [-0.1, -0.05) is 38.0 Å². The number of rotatable bonds is 8. The third kappa shape index (κ3) is 3.74. The summed E-state index contributed by atoms with van der Waals surface area (Å²) in [6, 6.07) is 8.83. The molecule has 0 fully saturated rings. The zero-order valence-electron chi connectivity index (χ0n) is 11.6. The highest BCUT2D eigenvalue weighted by Gasteiger charge is 2.16. The number of para-hydroxylation sites is 1. The van der Waals surface area contributed by atoms with E-state index in [4.69, 9.17) is 0 Å². The Labute approximate surface area is 111 Å². The van der Waals surface area contributed by atoms with Crippen molar-refractivity contribution < 1.29 is 0 Å². The highest BCUT2D eigenvalue weighted by atomic mass is 15.1. The maximum Gasteiger partial charge on any atom is 0.0399 e. The Morgan fingerprint density at radius 3 is 2.83 bits per heavy atom. The Hall–Kier alpha value is -1.02. The van der Waals surface area contributed by atoms with Crippen molar-refractivity contribution in [2.75, 3.05) is 31.1 Å². The molecule has 0 saturated heterocycles. The van der Waals surface area contributed by atoms with Crippen LogP contribution in [-0.2, 0) is 6.42 Å². The standard InChI is InChI=1S/C16H26N2/c1-2-3-6-11-17-12-7-13-18-14-10-15-8-4-5-9-16(15)18/h4-5,8-9,17H,2-3,6-7,10-14H2,1H3. The van der Waals surface area contributed by atoms with Gasteiger partial charge in [-0.15, -0.1) is 0 Å². The van der Waals surface area contributed by atoms with Crippen LogP contribution in [0.2, 0.25) is 0 Å². The minimum Gasteiger partial charge on any atom is -0.371 e. The first-order chi connectivity index (χ1) is 8.92. The van der Waals surface area contributed by atoms with Gasteiger partial charge < -0.3 is 10.2 Å². The maximum absolute atomic E-state index is 3.54. The van der Waals surface area contributed by atoms with Crippen molar-refractivity contribution in [3.63, 3.8) is 0 Å². The number of fused-ring (bicyclic) bond motifs is 1. The van der Waals surface area contributed by atoms with E-state index in [2.05, 4.69) is 41.4 Å². The second kappa shape index (κ2) is 7.42. The number of nitrogens with zero attached hydrogens (tertiary/aromatic N) is 1. The van der Waals surface area contributed by atoms with E-state index in [1.807, 2.05) is 0 Å². The first kappa shape index (κ1) is 13.4. The molecule has 1 heterocycles. The predicted octanol–water partition coefficient (Wildman–Crippen LogP) is 3.22. The number of anilines is 1. The minimum absolute atomic E-state index is 1.16. The van der Waals surface area contributed by atoms with Crippen LogP contribution in [0.1, 0.15) is 38.2 Å². The first-order valence-corrected chi connectivity index (χ1v) is 7.45. The van der Waals surface area contributed by atoms with Crippen LogP contribution in [0.25, 0.3) is 0 Å². The van der Waals surface area contributed by atoms with Crippen molar-refractivity contribution in [3.8, 4) is 0 Å². The Morgan fingerprint density at radius 2 is 1.94 bits per heavy atom. The van der Waals surface area contributed by atoms with Crippen LogP contribution < -0.4 is 10.2 Å². The molecule has 1 aliphatic rings. The monoisotopic (exact) mass is 246 g/mol. The van der Waals surface area contributed by atoms with E-state index in [0.717, 1.165) is 6.54 Å². The Balaban J connectivity index is 1.61. The van der Waals surface area contributed by atoms with Crippen molar-refractivity contribution in [2.24, 2.45) is 0 Å². The van der Waals surface area contributed by atoms with Gasteiger partial charge >= 0.3 is 0 Å². The second-order valence-electron chi connectivity index (χ2n) is 5.18. The zero-order chi connectivity index (χ0) is 12.6. The molecule has 0 saturated carbocycles. The Kier molecular flexibility index (Phi) is 5.53. The van der Waals surface area contributed by atoms with Gasteiger partial charge in [-0.25, -0.2) is 0 Å². The molecular weight excluding hydrogens is 220 g/mol. The SMILES string of the molecule is CCCCCNCCCN1CCc2ccccc21. The molecule has 2 nitrogen and oxygen atoms in total. The van der Waals surface area contributed by atoms with E-state index in [9.17, 15) is 0 Å². The summed E-state index contributed by atoms with van der Waals surface area (Å²) in [6.07, 6.45) is 6.46. The van der Waals surface area contributed by atoms with Crippen molar-refractivity contribution in [1.82, 2.24) is 5.32 Å². The van der Waals surface area contributed by atoms with Gasteiger partial charge in [0.2, 0.25) is 0 Å². The molecule has 2 rings (SSSR count). The van der Waals surface area contributed by atoms with Crippen LogP contribution in [0.5, 0.6) is 0 Å². The number of benzene rings is 1. The molecule has 0 amide bonds. The Bertz CT molecular complexity index is 349. The van der Waals surface area contributed by atoms with E-state index in [1.54, 1.807) is 0 Å². The fourth-order valence-corrected chi connectivity index (χ4v) is 2.66. The summed E-state index contributed by atoms with van der Waals surface area (Å²) >= 11 is 0. The van der Waals surface area contributed by atoms with Gasteiger partial charge in [-0.05, 0) is 44.0 Å². The van der Waals surface area contributed by atoms with Crippen molar-refractivity contribution in [3.05, 3.63) is 29.8 Å². The molecule has 1 N–H and O–H groups in total. The molecule has 18 heavy (non-hydrogen) atoms. The highest BCUT2D eigenvalue weighted by Crippen LogP contribution is 2.27. The molecule has 0 aromatic heterocycles. The average Bonchev–Trinajstić information content (AvgIpc) is 2.81. The van der Waals surface area contributed by atoms with Crippen molar-refractivity contribution >= 4 is 5.69 Å². The third-order valence-electron chi connectivity index (χ3n) is 3.72. The smallest absolute Gasteiger partial charge is 0.0399 e. The molecule has 1 aromatic carbocycles. The van der Waals surface area contributed by atoms with E-state index in [-0.39, 0.29) is 0 Å². The van der Waals surface area contributed by atoms with Gasteiger partial charge in [-0.2, -0.15) is 0 Å². The summed E-state index contributed by atoms with van der Waals surface area (Å²) in [5.74, 6) is 0. The molecule has 0 aliphatic carbocycles. The molecular formula is C16H26N2. The largest absolute Gasteiger partial charge is 0.371 e. The lowest BCUT2D eigenvalue weighted by Crippen LogP contribution is -2.26. The molecule has 0 spiro atoms. The van der Waals surface area contributed by atoms with Gasteiger partial charge in [-0.3, -0.25) is 0 Å². The fraction of sp³-hybridized carbons (Fsp3) is 0.625. The lowest BCUT2D eigenvalue weighted by molar-refractivity contribution is 0.595. The molecule has 0 atom stereocenters. The maximum atomic E-state index is 3.54. The molecule has 2 heteroatoms. The lowest BCUT2D eigenvalue weighted by Gasteiger charge is -2.19. The first-order valence-electron chi connectivity index (χ1n) is 7.45. The van der Waals surface area contributed by atoms with Gasteiger partial charge in [0.1, 0.15) is 0 Å². The summed E-state index contributed by atoms with van der Waals surface area (Å²) in [6.45, 7) is 6.99. The number of unbranched alkanes of at least 4 members (excludes halogenated alkanes) is 2. The lowest BCUT2D eigenvalue weighted by atomic mass is 10.2. The molecule has 1 aliphatic heterocycles. The predicted molar refractivity (Wildman–Crippen MR) is 79.4 cm³/mol. The molecule has 100 valence electrons. The van der Waals surface area contributed by atoms with E-state index in [0.29, 0.717) is 0 Å². The van der Waals surface area contributed by atoms with E-state index < -0.39 is 0 Å². The fourth-order valence-electron chi connectivity index (χ4n) is 2.66. The third-order valence-corrected chi connectivity index (χ3v) is 3.72. The number of hydrogen-bond donors (Lipinski definition) is 1. The normalized spacial score (nSPS) is 13.9. The van der Waals surface area contributed by atoms with Gasteiger partial charge in [0, 0.05) is 18.8 Å². The number of hydrogen-bond acceptors (Lipinski definition) is 2. The topological polar surface area (TPSA) is 15.3 Å². The highest BCUT2D eigenvalue weighted by molar-refractivity contribution is 5.57. The molecule has 0 radical (unpaired) electrons. The summed E-state index contributed by atoms with van der Waals surface area (Å²) in [7, 11) is 0. The van der Waals surface area contributed by atoms with Crippen molar-refractivity contribution in [2.45, 2.75) is 39.0 Å². The summed E-state index contributed by atoms with van der Waals surface area (Å²) in [5, 5.41) is 3.54. The van der Waals surface area contributed by atoms with Crippen LogP contribution in [0.3, 0.4) is 0 Å². The van der Waals surface area contributed by atoms with E-state index in [1.165, 1.54) is 63.0 Å². The van der Waals surface area contributed by atoms with E-state index >= 15 is 0 Å².